The Morgan fingerprint density at radius 3 is 2.80 bits per heavy atom. The lowest BCUT2D eigenvalue weighted by Crippen LogP contribution is -2.19. The summed E-state index contributed by atoms with van der Waals surface area (Å²) in [6.45, 7) is 1.69. The Bertz CT molecular complexity index is 105. The summed E-state index contributed by atoms with van der Waals surface area (Å²) in [4.78, 5) is 10.5. The van der Waals surface area contributed by atoms with Crippen molar-refractivity contribution >= 4 is 17.6 Å². The first-order valence-electron chi connectivity index (χ1n) is 3.10. The smallest absolute Gasteiger partial charge is 0.305 e. The Kier molecular flexibility index (Phi) is 5.35. The molecule has 0 aliphatic rings. The molecule has 60 valence electrons. The van der Waals surface area contributed by atoms with Gasteiger partial charge in [0.2, 0.25) is 0 Å². The Labute approximate surface area is 64.9 Å². The standard InChI is InChI=1S/C6H11ClO3/c1-2-6(9)10-4-5(8)3-7/h5,8H,2-4H2,1H3/t5-/m1/s1. The predicted molar refractivity (Wildman–Crippen MR) is 38.0 cm³/mol. The van der Waals surface area contributed by atoms with Gasteiger partial charge >= 0.3 is 5.97 Å². The van der Waals surface area contributed by atoms with E-state index in [0.29, 0.717) is 6.42 Å². The van der Waals surface area contributed by atoms with Crippen LogP contribution in [0.3, 0.4) is 0 Å². The van der Waals surface area contributed by atoms with Gasteiger partial charge in [0.15, 0.2) is 0 Å². The first-order chi connectivity index (χ1) is 4.70. The number of esters is 1. The number of hydrogen-bond acceptors (Lipinski definition) is 3. The molecular weight excluding hydrogens is 156 g/mol. The summed E-state index contributed by atoms with van der Waals surface area (Å²) in [5.41, 5.74) is 0. The van der Waals surface area contributed by atoms with Crippen molar-refractivity contribution in [1.29, 1.82) is 0 Å². The largest absolute Gasteiger partial charge is 0.463 e. The first-order valence-corrected chi connectivity index (χ1v) is 3.63. The molecule has 0 rings (SSSR count). The van der Waals surface area contributed by atoms with E-state index in [-0.39, 0.29) is 18.5 Å². The van der Waals surface area contributed by atoms with Gasteiger partial charge in [0.1, 0.15) is 12.7 Å². The molecule has 0 aromatic carbocycles. The Morgan fingerprint density at radius 1 is 1.80 bits per heavy atom. The molecule has 0 spiro atoms. The number of carbonyl (C=O) groups excluding carboxylic acids is 1. The summed E-state index contributed by atoms with van der Waals surface area (Å²) < 4.78 is 4.57. The number of halogens is 1. The van der Waals surface area contributed by atoms with E-state index in [0.717, 1.165) is 0 Å². The molecule has 0 radical (unpaired) electrons. The number of carbonyl (C=O) groups is 1. The van der Waals surface area contributed by atoms with Gasteiger partial charge in [0, 0.05) is 6.42 Å². The molecule has 0 unspecified atom stereocenters. The van der Waals surface area contributed by atoms with E-state index in [4.69, 9.17) is 16.7 Å². The first kappa shape index (κ1) is 9.72. The number of ether oxygens (including phenoxy) is 1. The summed E-state index contributed by atoms with van der Waals surface area (Å²) in [5.74, 6) is -0.221. The van der Waals surface area contributed by atoms with Gasteiger partial charge in [-0.15, -0.1) is 11.6 Å². The van der Waals surface area contributed by atoms with Crippen molar-refractivity contribution in [2.75, 3.05) is 12.5 Å². The summed E-state index contributed by atoms with van der Waals surface area (Å²) in [6, 6.07) is 0. The third-order valence-electron chi connectivity index (χ3n) is 0.903. The highest BCUT2D eigenvalue weighted by atomic mass is 35.5. The maximum Gasteiger partial charge on any atom is 0.305 e. The van der Waals surface area contributed by atoms with Gasteiger partial charge in [0.25, 0.3) is 0 Å². The highest BCUT2D eigenvalue weighted by Gasteiger charge is 2.04. The minimum absolute atomic E-state index is 0.00380. The van der Waals surface area contributed by atoms with Gasteiger partial charge in [-0.1, -0.05) is 6.92 Å². The molecule has 0 aliphatic carbocycles. The van der Waals surface area contributed by atoms with Crippen LogP contribution in [-0.2, 0) is 9.53 Å². The van der Waals surface area contributed by atoms with E-state index in [1.54, 1.807) is 6.92 Å². The number of aliphatic hydroxyl groups excluding tert-OH is 1. The minimum atomic E-state index is -0.739. The molecule has 10 heavy (non-hydrogen) atoms. The highest BCUT2D eigenvalue weighted by molar-refractivity contribution is 6.18. The quantitative estimate of drug-likeness (QED) is 0.490. The summed E-state index contributed by atoms with van der Waals surface area (Å²) in [6.07, 6.45) is -0.410. The second-order valence-corrected chi connectivity index (χ2v) is 2.15. The van der Waals surface area contributed by atoms with Crippen LogP contribution in [0.1, 0.15) is 13.3 Å². The average molecular weight is 167 g/mol. The second-order valence-electron chi connectivity index (χ2n) is 1.84. The van der Waals surface area contributed by atoms with Gasteiger partial charge in [-0.2, -0.15) is 0 Å². The Morgan fingerprint density at radius 2 is 2.40 bits per heavy atom. The monoisotopic (exact) mass is 166 g/mol. The van der Waals surface area contributed by atoms with E-state index < -0.39 is 6.10 Å². The fraction of sp³-hybridized carbons (Fsp3) is 0.833. The van der Waals surface area contributed by atoms with E-state index >= 15 is 0 Å². The molecule has 0 heterocycles. The minimum Gasteiger partial charge on any atom is -0.463 e. The molecule has 1 atom stereocenters. The molecule has 0 fully saturated rings. The maximum atomic E-state index is 10.5. The molecule has 0 aromatic heterocycles. The zero-order valence-corrected chi connectivity index (χ0v) is 6.60. The number of rotatable bonds is 4. The average Bonchev–Trinajstić information content (AvgIpc) is 1.99. The van der Waals surface area contributed by atoms with Crippen molar-refractivity contribution in [3.8, 4) is 0 Å². The Hall–Kier alpha value is -0.280. The second kappa shape index (κ2) is 5.50. The SMILES string of the molecule is CCC(=O)OC[C@H](O)CCl. The molecule has 0 saturated carbocycles. The third kappa shape index (κ3) is 4.58. The lowest BCUT2D eigenvalue weighted by atomic mass is 10.4. The van der Waals surface area contributed by atoms with E-state index in [1.807, 2.05) is 0 Å². The van der Waals surface area contributed by atoms with Crippen LogP contribution in [-0.4, -0.2) is 29.7 Å². The van der Waals surface area contributed by atoms with Crippen molar-refractivity contribution in [3.63, 3.8) is 0 Å². The van der Waals surface area contributed by atoms with Crippen molar-refractivity contribution in [3.05, 3.63) is 0 Å². The van der Waals surface area contributed by atoms with Crippen LogP contribution >= 0.6 is 11.6 Å². The zero-order valence-electron chi connectivity index (χ0n) is 5.84. The van der Waals surface area contributed by atoms with Crippen molar-refractivity contribution in [2.24, 2.45) is 0 Å². The van der Waals surface area contributed by atoms with Crippen LogP contribution < -0.4 is 0 Å². The van der Waals surface area contributed by atoms with E-state index in [2.05, 4.69) is 4.74 Å². The zero-order chi connectivity index (χ0) is 7.98. The summed E-state index contributed by atoms with van der Waals surface area (Å²) in [5, 5.41) is 8.79. The van der Waals surface area contributed by atoms with Gasteiger partial charge in [-0.25, -0.2) is 0 Å². The van der Waals surface area contributed by atoms with Crippen LogP contribution in [0.5, 0.6) is 0 Å². The Balaban J connectivity index is 3.26. The predicted octanol–water partition coefficient (Wildman–Crippen LogP) is 0.539. The molecule has 3 nitrogen and oxygen atoms in total. The highest BCUT2D eigenvalue weighted by Crippen LogP contribution is 1.91. The number of aliphatic hydroxyl groups is 1. The van der Waals surface area contributed by atoms with E-state index in [1.165, 1.54) is 0 Å². The fourth-order valence-corrected chi connectivity index (χ4v) is 0.425. The fourth-order valence-electron chi connectivity index (χ4n) is 0.336. The molecule has 0 bridgehead atoms. The maximum absolute atomic E-state index is 10.5. The van der Waals surface area contributed by atoms with Crippen LogP contribution in [0.2, 0.25) is 0 Å². The van der Waals surface area contributed by atoms with Gasteiger partial charge < -0.3 is 9.84 Å². The van der Waals surface area contributed by atoms with Gasteiger partial charge in [0.05, 0.1) is 5.88 Å². The lowest BCUT2D eigenvalue weighted by molar-refractivity contribution is -0.145. The van der Waals surface area contributed by atoms with Crippen molar-refractivity contribution in [2.45, 2.75) is 19.4 Å². The number of hydrogen-bond donors (Lipinski definition) is 1. The molecule has 0 saturated heterocycles. The van der Waals surface area contributed by atoms with Crippen LogP contribution in [0.4, 0.5) is 0 Å². The molecule has 0 aliphatic heterocycles. The van der Waals surface area contributed by atoms with E-state index in [9.17, 15) is 4.79 Å². The molecule has 0 amide bonds. The molecule has 1 N–H and O–H groups in total. The van der Waals surface area contributed by atoms with Crippen LogP contribution in [0.15, 0.2) is 0 Å². The van der Waals surface area contributed by atoms with Gasteiger partial charge in [-0.05, 0) is 0 Å². The van der Waals surface area contributed by atoms with Crippen LogP contribution in [0.25, 0.3) is 0 Å². The van der Waals surface area contributed by atoms with Crippen LogP contribution in [0, 0.1) is 0 Å². The molecular formula is C6H11ClO3. The third-order valence-corrected chi connectivity index (χ3v) is 1.26. The topological polar surface area (TPSA) is 46.5 Å². The van der Waals surface area contributed by atoms with Crippen molar-refractivity contribution < 1.29 is 14.6 Å². The molecule has 0 aromatic rings. The summed E-state index contributed by atoms with van der Waals surface area (Å²) in [7, 11) is 0. The lowest BCUT2D eigenvalue weighted by Gasteiger charge is -2.06. The normalized spacial score (nSPS) is 12.7. The number of alkyl halides is 1. The molecule has 4 heteroatoms. The summed E-state index contributed by atoms with van der Waals surface area (Å²) >= 11 is 5.24. The van der Waals surface area contributed by atoms with Gasteiger partial charge in [-0.3, -0.25) is 4.79 Å². The van der Waals surface area contributed by atoms with Crippen molar-refractivity contribution in [1.82, 2.24) is 0 Å².